The molecule has 0 saturated heterocycles. The Morgan fingerprint density at radius 3 is 2.15 bits per heavy atom. The van der Waals surface area contributed by atoms with E-state index < -0.39 is 6.17 Å². The van der Waals surface area contributed by atoms with Crippen molar-refractivity contribution in [2.75, 3.05) is 10.4 Å². The summed E-state index contributed by atoms with van der Waals surface area (Å²) in [5, 5.41) is 5.15. The number of hydroxylamine groups is 1. The van der Waals surface area contributed by atoms with Crippen molar-refractivity contribution in [1.29, 1.82) is 0 Å². The molecule has 1 atom stereocenters. The van der Waals surface area contributed by atoms with E-state index in [1.165, 1.54) is 11.1 Å². The van der Waals surface area contributed by atoms with E-state index in [-0.39, 0.29) is 0 Å². The van der Waals surface area contributed by atoms with Gasteiger partial charge in [0, 0.05) is 11.9 Å². The van der Waals surface area contributed by atoms with Gasteiger partial charge in [0.15, 0.2) is 5.84 Å². The van der Waals surface area contributed by atoms with Gasteiger partial charge in [-0.3, -0.25) is 4.98 Å². The third-order valence-corrected chi connectivity index (χ3v) is 5.40. The lowest BCUT2D eigenvalue weighted by Crippen LogP contribution is -2.42. The summed E-state index contributed by atoms with van der Waals surface area (Å²) < 4.78 is 0. The fourth-order valence-electron chi connectivity index (χ4n) is 3.57. The molecule has 1 aromatic heterocycles. The van der Waals surface area contributed by atoms with Crippen LogP contribution in [0.4, 0.5) is 17.1 Å². The Bertz CT molecular complexity index is 1300. The van der Waals surface area contributed by atoms with E-state index in [1.54, 1.807) is 11.3 Å². The van der Waals surface area contributed by atoms with E-state index in [9.17, 15) is 0 Å². The lowest BCUT2D eigenvalue weighted by Gasteiger charge is -2.34. The smallest absolute Gasteiger partial charge is 0.289 e. The van der Waals surface area contributed by atoms with Crippen LogP contribution in [0.5, 0.6) is 0 Å². The van der Waals surface area contributed by atoms with Crippen molar-refractivity contribution in [3.63, 3.8) is 0 Å². The molecule has 1 unspecified atom stereocenters. The average molecular weight is 448 g/mol. The average Bonchev–Trinajstić information content (AvgIpc) is 2.88. The maximum atomic E-state index is 6.43. The molecule has 1 N–H and O–H groups in total. The monoisotopic (exact) mass is 447 g/mol. The van der Waals surface area contributed by atoms with Crippen molar-refractivity contribution in [1.82, 2.24) is 4.98 Å². The van der Waals surface area contributed by atoms with Gasteiger partial charge in [0.2, 0.25) is 6.17 Å². The summed E-state index contributed by atoms with van der Waals surface area (Å²) >= 11 is 0. The van der Waals surface area contributed by atoms with Gasteiger partial charge in [-0.25, -0.2) is 9.98 Å². The van der Waals surface area contributed by atoms with Crippen LogP contribution in [-0.4, -0.2) is 16.7 Å². The van der Waals surface area contributed by atoms with E-state index >= 15 is 0 Å². The number of pyridine rings is 1. The number of amidine groups is 1. The van der Waals surface area contributed by atoms with Crippen LogP contribution in [0.25, 0.3) is 0 Å². The Balaban J connectivity index is 1.62. The van der Waals surface area contributed by atoms with E-state index in [2.05, 4.69) is 36.3 Å². The predicted molar refractivity (Wildman–Crippen MR) is 137 cm³/mol. The molecule has 5 rings (SSSR count). The molecule has 0 amide bonds. The molecule has 2 heterocycles. The van der Waals surface area contributed by atoms with E-state index in [0.29, 0.717) is 11.7 Å². The lowest BCUT2D eigenvalue weighted by atomic mass is 10.2. The van der Waals surface area contributed by atoms with Gasteiger partial charge in [-0.15, -0.1) is 0 Å². The van der Waals surface area contributed by atoms with Crippen LogP contribution in [0.15, 0.2) is 113 Å². The third-order valence-electron chi connectivity index (χ3n) is 5.40. The Kier molecular flexibility index (Phi) is 6.03. The molecule has 1 aliphatic heterocycles. The zero-order chi connectivity index (χ0) is 23.3. The Morgan fingerprint density at radius 1 is 0.794 bits per heavy atom. The second-order valence-electron chi connectivity index (χ2n) is 8.10. The molecule has 6 nitrogen and oxygen atoms in total. The largest absolute Gasteiger partial charge is 0.353 e. The molecule has 34 heavy (non-hydrogen) atoms. The highest BCUT2D eigenvalue weighted by Gasteiger charge is 2.32. The molecule has 0 aliphatic carbocycles. The Morgan fingerprint density at radius 2 is 1.47 bits per heavy atom. The molecule has 0 fully saturated rings. The summed E-state index contributed by atoms with van der Waals surface area (Å²) in [6.07, 6.45) is 1.27. The zero-order valence-corrected chi connectivity index (χ0v) is 19.1. The Labute approximate surface area is 199 Å². The van der Waals surface area contributed by atoms with Crippen LogP contribution in [0.3, 0.4) is 0 Å². The first-order valence-corrected chi connectivity index (χ1v) is 11.2. The molecular weight excluding hydrogens is 422 g/mol. The first-order valence-electron chi connectivity index (χ1n) is 11.2. The van der Waals surface area contributed by atoms with Gasteiger partial charge in [0.1, 0.15) is 0 Å². The van der Waals surface area contributed by atoms with E-state index in [4.69, 9.17) is 14.8 Å². The van der Waals surface area contributed by atoms with Gasteiger partial charge < -0.3 is 10.2 Å². The second kappa shape index (κ2) is 9.58. The van der Waals surface area contributed by atoms with E-state index in [0.717, 1.165) is 22.8 Å². The fraction of sp³-hybridized carbons (Fsp3) is 0.107. The van der Waals surface area contributed by atoms with Gasteiger partial charge in [-0.1, -0.05) is 59.7 Å². The van der Waals surface area contributed by atoms with Crippen molar-refractivity contribution >= 4 is 28.8 Å². The highest BCUT2D eigenvalue weighted by atomic mass is 16.7. The number of nitrogens with one attached hydrogen (secondary N) is 1. The summed E-state index contributed by atoms with van der Waals surface area (Å²) in [6, 6.07) is 31.8. The molecule has 0 spiro atoms. The van der Waals surface area contributed by atoms with Gasteiger partial charge in [0.25, 0.3) is 5.90 Å². The highest BCUT2D eigenvalue weighted by Crippen LogP contribution is 2.32. The summed E-state index contributed by atoms with van der Waals surface area (Å²) in [6.45, 7) is 4.11. The predicted octanol–water partition coefficient (Wildman–Crippen LogP) is 6.39. The normalized spacial score (nSPS) is 16.6. The van der Waals surface area contributed by atoms with Crippen LogP contribution < -0.4 is 10.4 Å². The molecule has 3 aromatic carbocycles. The first kappa shape index (κ1) is 21.4. The summed E-state index contributed by atoms with van der Waals surface area (Å²) in [4.78, 5) is 20.8. The van der Waals surface area contributed by atoms with Crippen LogP contribution in [0, 0.1) is 13.8 Å². The number of hydrogen-bond acceptors (Lipinski definition) is 6. The van der Waals surface area contributed by atoms with Crippen molar-refractivity contribution in [2.45, 2.75) is 20.0 Å². The number of aromatic nitrogens is 1. The maximum Gasteiger partial charge on any atom is 0.289 e. The van der Waals surface area contributed by atoms with Gasteiger partial charge in [0.05, 0.1) is 17.1 Å². The highest BCUT2D eigenvalue weighted by molar-refractivity contribution is 6.43. The number of hydrogen-bond donors (Lipinski definition) is 1. The third kappa shape index (κ3) is 4.81. The maximum absolute atomic E-state index is 6.43. The quantitative estimate of drug-likeness (QED) is 0.394. The summed E-state index contributed by atoms with van der Waals surface area (Å²) in [5.41, 5.74) is 5.65. The molecule has 0 saturated carbocycles. The number of anilines is 2. The number of benzene rings is 3. The van der Waals surface area contributed by atoms with Gasteiger partial charge in [-0.05, 0) is 62.4 Å². The van der Waals surface area contributed by atoms with Crippen LogP contribution in [-0.2, 0) is 4.84 Å². The van der Waals surface area contributed by atoms with Crippen LogP contribution in [0.1, 0.15) is 23.0 Å². The Hall–Kier alpha value is -4.45. The number of nitrogens with zero attached hydrogens (tertiary/aromatic N) is 4. The van der Waals surface area contributed by atoms with Crippen molar-refractivity contribution in [3.05, 3.63) is 120 Å². The molecule has 168 valence electrons. The minimum atomic E-state index is -0.492. The van der Waals surface area contributed by atoms with Gasteiger partial charge in [-0.2, -0.15) is 5.06 Å². The van der Waals surface area contributed by atoms with Crippen molar-refractivity contribution in [2.24, 2.45) is 9.98 Å². The summed E-state index contributed by atoms with van der Waals surface area (Å²) in [7, 11) is 0. The molecular formula is C28H25N5O. The van der Waals surface area contributed by atoms with Crippen LogP contribution >= 0.6 is 0 Å². The topological polar surface area (TPSA) is 62.1 Å². The molecule has 6 heteroatoms. The number of aliphatic imine (C=N–C) groups is 2. The van der Waals surface area contributed by atoms with E-state index in [1.807, 2.05) is 84.9 Å². The first-order chi connectivity index (χ1) is 16.7. The minimum absolute atomic E-state index is 0.375. The van der Waals surface area contributed by atoms with Crippen molar-refractivity contribution < 1.29 is 4.84 Å². The molecule has 0 radical (unpaired) electrons. The molecule has 0 bridgehead atoms. The van der Waals surface area contributed by atoms with Crippen LogP contribution in [0.2, 0.25) is 0 Å². The minimum Gasteiger partial charge on any atom is -0.353 e. The van der Waals surface area contributed by atoms with Gasteiger partial charge >= 0.3 is 0 Å². The SMILES string of the molecule is Cc1ccc(N=C2ON(c3ccccc3)C(c3ccccn3)N=C2Nc2ccc(C)cc2)cc1. The second-order valence-corrected chi connectivity index (χ2v) is 8.10. The number of para-hydroxylation sites is 1. The number of aryl methyl sites for hydroxylation is 2. The molecule has 4 aromatic rings. The fourth-order valence-corrected chi connectivity index (χ4v) is 3.57. The lowest BCUT2D eigenvalue weighted by molar-refractivity contribution is 0.225. The summed E-state index contributed by atoms with van der Waals surface area (Å²) in [5.74, 6) is 0.910. The standard InChI is InChI=1S/C28H25N5O/c1-20-11-15-22(16-12-20)30-26-28(31-23-17-13-21(2)14-18-23)34-33(24-8-4-3-5-9-24)27(32-26)25-10-6-7-19-29-25/h3-19,27H,1-2H3,(H,30,32). The molecule has 1 aliphatic rings. The van der Waals surface area contributed by atoms with Crippen molar-refractivity contribution in [3.8, 4) is 0 Å². The zero-order valence-electron chi connectivity index (χ0n) is 19.1. The number of rotatable bonds is 4.